The molecule has 3 aliphatic heterocycles. The van der Waals surface area contributed by atoms with Crippen molar-refractivity contribution in [2.45, 2.75) is 51.4 Å². The first kappa shape index (κ1) is 17.2. The highest BCUT2D eigenvalue weighted by molar-refractivity contribution is 5.89. The van der Waals surface area contributed by atoms with Crippen LogP contribution in [0.3, 0.4) is 0 Å². The van der Waals surface area contributed by atoms with E-state index in [2.05, 4.69) is 4.90 Å². The Morgan fingerprint density at radius 3 is 2.88 bits per heavy atom. The maximum absolute atomic E-state index is 12.5. The van der Waals surface area contributed by atoms with Gasteiger partial charge >= 0.3 is 11.9 Å². The number of carbonyl (C=O) groups is 2. The predicted molar refractivity (Wildman–Crippen MR) is 87.1 cm³/mol. The first-order chi connectivity index (χ1) is 11.3. The second kappa shape index (κ2) is 6.33. The van der Waals surface area contributed by atoms with Crippen LogP contribution in [-0.4, -0.2) is 59.4 Å². The lowest BCUT2D eigenvalue weighted by Crippen LogP contribution is -2.45. The number of rotatable bonds is 0. The molecule has 0 bridgehead atoms. The van der Waals surface area contributed by atoms with Crippen molar-refractivity contribution in [3.63, 3.8) is 0 Å². The molecule has 0 saturated carbocycles. The van der Waals surface area contributed by atoms with Crippen molar-refractivity contribution >= 4 is 11.9 Å². The number of hydrogen-bond acceptors (Lipinski definition) is 6. The Morgan fingerprint density at radius 1 is 1.42 bits per heavy atom. The van der Waals surface area contributed by atoms with Gasteiger partial charge < -0.3 is 14.6 Å². The van der Waals surface area contributed by atoms with Crippen LogP contribution in [0.5, 0.6) is 0 Å². The van der Waals surface area contributed by atoms with Crippen molar-refractivity contribution in [1.82, 2.24) is 4.90 Å². The average Bonchev–Trinajstić information content (AvgIpc) is 3.12. The molecular weight excluding hydrogens is 310 g/mol. The largest absolute Gasteiger partial charge is 0.459 e. The molecule has 132 valence electrons. The fraction of sp³-hybridized carbons (Fsp3) is 0.667. The first-order valence-electron chi connectivity index (χ1n) is 8.53. The lowest BCUT2D eigenvalue weighted by molar-refractivity contribution is -0.169. The van der Waals surface area contributed by atoms with Crippen LogP contribution in [0, 0.1) is 5.92 Å². The van der Waals surface area contributed by atoms with E-state index in [1.54, 1.807) is 19.9 Å². The quantitative estimate of drug-likeness (QED) is 0.407. The summed E-state index contributed by atoms with van der Waals surface area (Å²) < 4.78 is 11.2. The first-order valence-corrected chi connectivity index (χ1v) is 8.53. The van der Waals surface area contributed by atoms with Gasteiger partial charge in [-0.15, -0.1) is 0 Å². The minimum atomic E-state index is -1.65. The van der Waals surface area contributed by atoms with Gasteiger partial charge in [-0.1, -0.05) is 19.1 Å². The van der Waals surface area contributed by atoms with E-state index in [-0.39, 0.29) is 31.1 Å². The van der Waals surface area contributed by atoms with Gasteiger partial charge in [0, 0.05) is 18.7 Å². The average molecular weight is 335 g/mol. The van der Waals surface area contributed by atoms with E-state index < -0.39 is 17.5 Å². The number of ether oxygens (including phenoxy) is 2. The summed E-state index contributed by atoms with van der Waals surface area (Å²) in [5.74, 6) is -1.46. The summed E-state index contributed by atoms with van der Waals surface area (Å²) >= 11 is 0. The van der Waals surface area contributed by atoms with Gasteiger partial charge in [0.1, 0.15) is 12.7 Å². The van der Waals surface area contributed by atoms with Crippen LogP contribution in [0.25, 0.3) is 0 Å². The van der Waals surface area contributed by atoms with Crippen LogP contribution in [0.4, 0.5) is 0 Å². The predicted octanol–water partition coefficient (Wildman–Crippen LogP) is 1.19. The molecule has 3 heterocycles. The number of cyclic esters (lactones) is 1. The zero-order chi connectivity index (χ0) is 17.5. The van der Waals surface area contributed by atoms with Crippen molar-refractivity contribution in [3.8, 4) is 0 Å². The molecule has 0 spiro atoms. The molecule has 1 unspecified atom stereocenters. The number of nitrogens with zero attached hydrogens (tertiary/aromatic N) is 1. The van der Waals surface area contributed by atoms with Gasteiger partial charge in [0.15, 0.2) is 5.60 Å². The van der Waals surface area contributed by atoms with Crippen LogP contribution in [-0.2, 0) is 19.1 Å². The van der Waals surface area contributed by atoms with Crippen molar-refractivity contribution in [2.75, 3.05) is 19.7 Å². The third-order valence-corrected chi connectivity index (χ3v) is 5.55. The molecule has 6 heteroatoms. The van der Waals surface area contributed by atoms with Gasteiger partial charge in [-0.25, -0.2) is 9.59 Å². The number of allylic oxidation sites excluding steroid dienone is 1. The van der Waals surface area contributed by atoms with Gasteiger partial charge in [-0.05, 0) is 38.2 Å². The van der Waals surface area contributed by atoms with E-state index in [9.17, 15) is 14.7 Å². The standard InChI is InChI=1S/C18H25NO5/c1-4-12-9-11(2)18(3,22)17(21)23-10-13-5-7-19-8-6-14(15(13)19)24-16(12)20/h4-5,11,14-15,22H,6-10H2,1-3H3/b12-4+/t11?,14-,15-,18-/m1/s1. The van der Waals surface area contributed by atoms with Crippen molar-refractivity contribution in [2.24, 2.45) is 5.92 Å². The maximum Gasteiger partial charge on any atom is 0.338 e. The van der Waals surface area contributed by atoms with E-state index in [1.807, 2.05) is 6.08 Å². The molecule has 0 radical (unpaired) electrons. The van der Waals surface area contributed by atoms with E-state index in [4.69, 9.17) is 9.47 Å². The van der Waals surface area contributed by atoms with Crippen molar-refractivity contribution < 1.29 is 24.2 Å². The molecular formula is C18H25NO5. The summed E-state index contributed by atoms with van der Waals surface area (Å²) in [7, 11) is 0. The van der Waals surface area contributed by atoms with E-state index >= 15 is 0 Å². The fourth-order valence-electron chi connectivity index (χ4n) is 3.68. The number of esters is 2. The molecule has 24 heavy (non-hydrogen) atoms. The minimum Gasteiger partial charge on any atom is -0.459 e. The highest BCUT2D eigenvalue weighted by atomic mass is 16.6. The van der Waals surface area contributed by atoms with Crippen LogP contribution < -0.4 is 0 Å². The van der Waals surface area contributed by atoms with Gasteiger partial charge in [0.05, 0.1) is 6.04 Å². The Kier molecular flexibility index (Phi) is 4.53. The SMILES string of the molecule is C/C=C1\CC(C)[C@@](C)(O)C(=O)OCC2=CCN3CC[C@@H](OC1=O)[C@@H]23. The zero-order valence-electron chi connectivity index (χ0n) is 14.4. The molecule has 0 aromatic carbocycles. The van der Waals surface area contributed by atoms with Crippen molar-refractivity contribution in [3.05, 3.63) is 23.3 Å². The normalized spacial score (nSPS) is 39.6. The second-order valence-electron chi connectivity index (χ2n) is 7.09. The number of aliphatic hydroxyl groups is 1. The van der Waals surface area contributed by atoms with E-state index in [0.717, 1.165) is 25.1 Å². The molecule has 4 atom stereocenters. The summed E-state index contributed by atoms with van der Waals surface area (Å²) in [6.07, 6.45) is 4.56. The molecule has 0 amide bonds. The summed E-state index contributed by atoms with van der Waals surface area (Å²) in [5.41, 5.74) is -0.218. The summed E-state index contributed by atoms with van der Waals surface area (Å²) in [6.45, 7) is 6.71. The van der Waals surface area contributed by atoms with E-state index in [1.165, 1.54) is 6.92 Å². The Balaban J connectivity index is 1.91. The van der Waals surface area contributed by atoms with Crippen LogP contribution in [0.1, 0.15) is 33.6 Å². The Morgan fingerprint density at radius 2 is 2.17 bits per heavy atom. The minimum absolute atomic E-state index is 0.0262. The molecule has 2 saturated heterocycles. The van der Waals surface area contributed by atoms with Crippen LogP contribution in [0.2, 0.25) is 0 Å². The van der Waals surface area contributed by atoms with Gasteiger partial charge in [0.2, 0.25) is 0 Å². The summed E-state index contributed by atoms with van der Waals surface area (Å²) in [4.78, 5) is 27.1. The number of carbonyl (C=O) groups excluding carboxylic acids is 2. The fourth-order valence-corrected chi connectivity index (χ4v) is 3.68. The maximum atomic E-state index is 12.5. The molecule has 3 aliphatic rings. The Labute approximate surface area is 142 Å². The molecule has 2 fully saturated rings. The van der Waals surface area contributed by atoms with E-state index in [0.29, 0.717) is 5.57 Å². The molecule has 0 aromatic rings. The topological polar surface area (TPSA) is 76.1 Å². The molecule has 0 aliphatic carbocycles. The summed E-state index contributed by atoms with van der Waals surface area (Å²) in [5, 5.41) is 10.6. The molecule has 3 rings (SSSR count). The second-order valence-corrected chi connectivity index (χ2v) is 7.09. The van der Waals surface area contributed by atoms with Gasteiger partial charge in [-0.3, -0.25) is 4.90 Å². The van der Waals surface area contributed by atoms with Gasteiger partial charge in [-0.2, -0.15) is 0 Å². The van der Waals surface area contributed by atoms with Crippen LogP contribution >= 0.6 is 0 Å². The molecule has 1 N–H and O–H groups in total. The zero-order valence-corrected chi connectivity index (χ0v) is 14.4. The third kappa shape index (κ3) is 2.89. The Bertz CT molecular complexity index is 607. The smallest absolute Gasteiger partial charge is 0.338 e. The lowest BCUT2D eigenvalue weighted by atomic mass is 9.85. The molecule has 0 aromatic heterocycles. The highest BCUT2D eigenvalue weighted by Gasteiger charge is 2.45. The van der Waals surface area contributed by atoms with Crippen LogP contribution in [0.15, 0.2) is 23.3 Å². The molecule has 6 nitrogen and oxygen atoms in total. The van der Waals surface area contributed by atoms with Gasteiger partial charge in [0.25, 0.3) is 0 Å². The Hall–Kier alpha value is -1.66. The monoisotopic (exact) mass is 335 g/mol. The highest BCUT2D eigenvalue weighted by Crippen LogP contribution is 2.34. The van der Waals surface area contributed by atoms with Crippen molar-refractivity contribution in [1.29, 1.82) is 0 Å². The number of hydrogen-bond donors (Lipinski definition) is 1. The third-order valence-electron chi connectivity index (χ3n) is 5.55. The lowest BCUT2D eigenvalue weighted by Gasteiger charge is -2.31. The summed E-state index contributed by atoms with van der Waals surface area (Å²) in [6, 6.07) is -0.0262.